The van der Waals surface area contributed by atoms with Crippen LogP contribution in [0.1, 0.15) is 26.7 Å². The fourth-order valence-corrected chi connectivity index (χ4v) is 1.48. The molecule has 0 spiro atoms. The molecule has 0 aromatic carbocycles. The molecule has 1 fully saturated rings. The van der Waals surface area contributed by atoms with Crippen LogP contribution in [0.4, 0.5) is 0 Å². The summed E-state index contributed by atoms with van der Waals surface area (Å²) in [5.41, 5.74) is 0. The summed E-state index contributed by atoms with van der Waals surface area (Å²) in [7, 11) is 1.87. The van der Waals surface area contributed by atoms with Crippen molar-refractivity contribution in [2.75, 3.05) is 13.6 Å². The quantitative estimate of drug-likeness (QED) is 0.662. The first-order valence-corrected chi connectivity index (χ1v) is 5.10. The first kappa shape index (κ1) is 10.5. The van der Waals surface area contributed by atoms with Gasteiger partial charge in [0.25, 0.3) is 0 Å². The molecule has 1 rings (SSSR count). The smallest absolute Gasteiger partial charge is 0.224 e. The van der Waals surface area contributed by atoms with Crippen LogP contribution in [0.25, 0.3) is 0 Å². The molecule has 1 amide bonds. The predicted octanol–water partition coefficient (Wildman–Crippen LogP) is 0.757. The largest absolute Gasteiger partial charge is 0.353 e. The third kappa shape index (κ3) is 3.35. The van der Waals surface area contributed by atoms with Crippen LogP contribution in [-0.4, -0.2) is 25.5 Å². The van der Waals surface area contributed by atoms with Crippen LogP contribution < -0.4 is 10.6 Å². The van der Waals surface area contributed by atoms with Crippen molar-refractivity contribution in [2.45, 2.75) is 32.7 Å². The summed E-state index contributed by atoms with van der Waals surface area (Å²) < 4.78 is 0. The first-order valence-electron chi connectivity index (χ1n) is 5.10. The maximum atomic E-state index is 11.5. The minimum Gasteiger partial charge on any atom is -0.353 e. The SMILES string of the molecule is CNCC(C)C(=O)NC(C)C1CC1. The molecule has 0 radical (unpaired) electrons. The van der Waals surface area contributed by atoms with Crippen LogP contribution in [0.5, 0.6) is 0 Å². The highest BCUT2D eigenvalue weighted by molar-refractivity contribution is 5.78. The lowest BCUT2D eigenvalue weighted by Crippen LogP contribution is -2.40. The van der Waals surface area contributed by atoms with E-state index in [1.807, 2.05) is 14.0 Å². The minimum absolute atomic E-state index is 0.0752. The van der Waals surface area contributed by atoms with Crippen LogP contribution in [0.3, 0.4) is 0 Å². The molecule has 0 aliphatic heterocycles. The van der Waals surface area contributed by atoms with E-state index in [1.165, 1.54) is 12.8 Å². The van der Waals surface area contributed by atoms with Crippen LogP contribution in [0, 0.1) is 11.8 Å². The summed E-state index contributed by atoms with van der Waals surface area (Å²) in [5.74, 6) is 0.991. The number of rotatable bonds is 5. The maximum Gasteiger partial charge on any atom is 0.224 e. The Hall–Kier alpha value is -0.570. The van der Waals surface area contributed by atoms with Crippen LogP contribution in [0.15, 0.2) is 0 Å². The molecule has 2 unspecified atom stereocenters. The zero-order valence-corrected chi connectivity index (χ0v) is 8.76. The molecule has 76 valence electrons. The lowest BCUT2D eigenvalue weighted by molar-refractivity contribution is -0.125. The van der Waals surface area contributed by atoms with Gasteiger partial charge in [-0.2, -0.15) is 0 Å². The van der Waals surface area contributed by atoms with Gasteiger partial charge in [-0.25, -0.2) is 0 Å². The average molecular weight is 184 g/mol. The molecular weight excluding hydrogens is 164 g/mol. The Morgan fingerprint density at radius 3 is 2.54 bits per heavy atom. The number of carbonyl (C=O) groups is 1. The lowest BCUT2D eigenvalue weighted by atomic mass is 10.1. The van der Waals surface area contributed by atoms with Crippen molar-refractivity contribution >= 4 is 5.91 Å². The highest BCUT2D eigenvalue weighted by Crippen LogP contribution is 2.32. The van der Waals surface area contributed by atoms with E-state index in [4.69, 9.17) is 0 Å². The van der Waals surface area contributed by atoms with E-state index in [1.54, 1.807) is 0 Å². The summed E-state index contributed by atoms with van der Waals surface area (Å²) >= 11 is 0. The van der Waals surface area contributed by atoms with Gasteiger partial charge in [-0.15, -0.1) is 0 Å². The fourth-order valence-electron chi connectivity index (χ4n) is 1.48. The second-order valence-corrected chi connectivity index (χ2v) is 4.09. The Bertz CT molecular complexity index is 178. The van der Waals surface area contributed by atoms with E-state index in [9.17, 15) is 4.79 Å². The molecule has 3 heteroatoms. The van der Waals surface area contributed by atoms with Crippen LogP contribution in [-0.2, 0) is 4.79 Å². The fraction of sp³-hybridized carbons (Fsp3) is 0.900. The zero-order valence-electron chi connectivity index (χ0n) is 8.76. The highest BCUT2D eigenvalue weighted by atomic mass is 16.1. The van der Waals surface area contributed by atoms with Crippen molar-refractivity contribution in [3.8, 4) is 0 Å². The topological polar surface area (TPSA) is 41.1 Å². The molecule has 1 aliphatic carbocycles. The summed E-state index contributed by atoms with van der Waals surface area (Å²) in [4.78, 5) is 11.5. The van der Waals surface area contributed by atoms with Crippen LogP contribution in [0.2, 0.25) is 0 Å². The lowest BCUT2D eigenvalue weighted by Gasteiger charge is -2.16. The molecule has 3 nitrogen and oxygen atoms in total. The molecule has 1 aliphatic rings. The van der Waals surface area contributed by atoms with Gasteiger partial charge >= 0.3 is 0 Å². The Balaban J connectivity index is 2.22. The molecule has 0 aromatic heterocycles. The Kier molecular flexibility index (Phi) is 3.72. The number of nitrogens with one attached hydrogen (secondary N) is 2. The normalized spacial score (nSPS) is 20.8. The Morgan fingerprint density at radius 1 is 1.46 bits per heavy atom. The molecular formula is C10H20N2O. The van der Waals surface area contributed by atoms with Crippen molar-refractivity contribution in [1.29, 1.82) is 0 Å². The standard InChI is InChI=1S/C10H20N2O/c1-7(6-11-3)10(13)12-8(2)9-4-5-9/h7-9,11H,4-6H2,1-3H3,(H,12,13). The van der Waals surface area contributed by atoms with Gasteiger partial charge in [-0.1, -0.05) is 6.92 Å². The summed E-state index contributed by atoms with van der Waals surface area (Å²) in [5, 5.41) is 6.05. The average Bonchev–Trinajstić information content (AvgIpc) is 2.86. The summed E-state index contributed by atoms with van der Waals surface area (Å²) in [6.07, 6.45) is 2.56. The second-order valence-electron chi connectivity index (χ2n) is 4.09. The monoisotopic (exact) mass is 184 g/mol. The molecule has 1 saturated carbocycles. The van der Waals surface area contributed by atoms with E-state index in [0.717, 1.165) is 12.5 Å². The molecule has 0 aromatic rings. The van der Waals surface area contributed by atoms with Gasteiger partial charge in [0.2, 0.25) is 5.91 Å². The van der Waals surface area contributed by atoms with E-state index in [0.29, 0.717) is 6.04 Å². The van der Waals surface area contributed by atoms with Crippen molar-refractivity contribution in [2.24, 2.45) is 11.8 Å². The molecule has 0 saturated heterocycles. The van der Waals surface area contributed by atoms with Gasteiger partial charge in [0.1, 0.15) is 0 Å². The predicted molar refractivity (Wildman–Crippen MR) is 53.4 cm³/mol. The third-order valence-electron chi connectivity index (χ3n) is 2.66. The highest BCUT2D eigenvalue weighted by Gasteiger charge is 2.29. The Morgan fingerprint density at radius 2 is 2.08 bits per heavy atom. The van der Waals surface area contributed by atoms with E-state index >= 15 is 0 Å². The third-order valence-corrected chi connectivity index (χ3v) is 2.66. The van der Waals surface area contributed by atoms with Crippen molar-refractivity contribution in [3.05, 3.63) is 0 Å². The minimum atomic E-state index is 0.0752. The number of hydrogen-bond donors (Lipinski definition) is 2. The van der Waals surface area contributed by atoms with Crippen molar-refractivity contribution in [3.63, 3.8) is 0 Å². The van der Waals surface area contributed by atoms with E-state index in [-0.39, 0.29) is 11.8 Å². The maximum absolute atomic E-state index is 11.5. The molecule has 2 atom stereocenters. The number of hydrogen-bond acceptors (Lipinski definition) is 2. The zero-order chi connectivity index (χ0) is 9.84. The van der Waals surface area contributed by atoms with Gasteiger partial charge < -0.3 is 10.6 Å². The van der Waals surface area contributed by atoms with Gasteiger partial charge in [0.05, 0.1) is 0 Å². The molecule has 0 bridgehead atoms. The van der Waals surface area contributed by atoms with Crippen molar-refractivity contribution < 1.29 is 4.79 Å². The van der Waals surface area contributed by atoms with E-state index in [2.05, 4.69) is 17.6 Å². The van der Waals surface area contributed by atoms with Gasteiger partial charge in [-0.3, -0.25) is 4.79 Å². The first-order chi connectivity index (χ1) is 6.15. The van der Waals surface area contributed by atoms with Gasteiger partial charge in [0.15, 0.2) is 0 Å². The second kappa shape index (κ2) is 4.61. The number of carbonyl (C=O) groups excluding carboxylic acids is 1. The number of amides is 1. The van der Waals surface area contributed by atoms with Gasteiger partial charge in [0, 0.05) is 18.5 Å². The van der Waals surface area contributed by atoms with E-state index < -0.39 is 0 Å². The summed E-state index contributed by atoms with van der Waals surface area (Å²) in [6, 6.07) is 0.367. The van der Waals surface area contributed by atoms with Crippen LogP contribution >= 0.6 is 0 Å². The van der Waals surface area contributed by atoms with Gasteiger partial charge in [-0.05, 0) is 32.7 Å². The molecule has 2 N–H and O–H groups in total. The summed E-state index contributed by atoms with van der Waals surface area (Å²) in [6.45, 7) is 4.80. The Labute approximate surface area is 80.3 Å². The molecule has 13 heavy (non-hydrogen) atoms. The molecule has 0 heterocycles. The van der Waals surface area contributed by atoms with Crippen molar-refractivity contribution in [1.82, 2.24) is 10.6 Å².